The van der Waals surface area contributed by atoms with Crippen LogP contribution in [0.25, 0.3) is 0 Å². The molecule has 0 saturated heterocycles. The van der Waals surface area contributed by atoms with E-state index < -0.39 is 4.92 Å². The number of nitrogens with zero attached hydrogens (tertiary/aromatic N) is 3. The van der Waals surface area contributed by atoms with Gasteiger partial charge >= 0.3 is 5.69 Å². The SMILES string of the molecule is CCN(c1ccc(C)cc1)c1nc(NC)ccc1[N+](=O)[O-]. The first kappa shape index (κ1) is 14.8. The summed E-state index contributed by atoms with van der Waals surface area (Å²) >= 11 is 0. The molecule has 6 heteroatoms. The van der Waals surface area contributed by atoms with Crippen molar-refractivity contribution >= 4 is 23.0 Å². The summed E-state index contributed by atoms with van der Waals surface area (Å²) in [6.07, 6.45) is 0. The molecule has 0 atom stereocenters. The van der Waals surface area contributed by atoms with Gasteiger partial charge in [0.05, 0.1) is 4.92 Å². The Labute approximate surface area is 123 Å². The molecule has 0 aliphatic carbocycles. The van der Waals surface area contributed by atoms with E-state index in [1.165, 1.54) is 6.07 Å². The number of nitro groups is 1. The Bertz CT molecular complexity index is 641. The number of rotatable bonds is 5. The zero-order chi connectivity index (χ0) is 15.4. The molecule has 0 saturated carbocycles. The van der Waals surface area contributed by atoms with E-state index in [0.29, 0.717) is 18.2 Å². The van der Waals surface area contributed by atoms with Crippen molar-refractivity contribution in [1.82, 2.24) is 4.98 Å². The second-order valence-electron chi connectivity index (χ2n) is 4.63. The van der Waals surface area contributed by atoms with Gasteiger partial charge in [-0.15, -0.1) is 0 Å². The van der Waals surface area contributed by atoms with Crippen LogP contribution in [0.4, 0.5) is 23.0 Å². The largest absolute Gasteiger partial charge is 0.373 e. The summed E-state index contributed by atoms with van der Waals surface area (Å²) in [4.78, 5) is 17.0. The highest BCUT2D eigenvalue weighted by molar-refractivity contribution is 5.70. The van der Waals surface area contributed by atoms with Gasteiger partial charge in [-0.3, -0.25) is 10.1 Å². The van der Waals surface area contributed by atoms with Crippen LogP contribution in [0.15, 0.2) is 36.4 Å². The Hall–Kier alpha value is -2.63. The maximum atomic E-state index is 11.2. The summed E-state index contributed by atoms with van der Waals surface area (Å²) < 4.78 is 0. The van der Waals surface area contributed by atoms with E-state index in [2.05, 4.69) is 10.3 Å². The predicted molar refractivity (Wildman–Crippen MR) is 84.3 cm³/mol. The molecular formula is C15H18N4O2. The van der Waals surface area contributed by atoms with Gasteiger partial charge in [0.15, 0.2) is 0 Å². The first-order valence-corrected chi connectivity index (χ1v) is 6.74. The van der Waals surface area contributed by atoms with Gasteiger partial charge in [0.25, 0.3) is 0 Å². The third-order valence-electron chi connectivity index (χ3n) is 3.22. The van der Waals surface area contributed by atoms with Gasteiger partial charge in [0, 0.05) is 25.3 Å². The normalized spacial score (nSPS) is 10.2. The number of hydrogen-bond donors (Lipinski definition) is 1. The van der Waals surface area contributed by atoms with Gasteiger partial charge in [0.1, 0.15) is 5.82 Å². The number of aryl methyl sites for hydroxylation is 1. The molecule has 0 aliphatic heterocycles. The second kappa shape index (κ2) is 6.21. The van der Waals surface area contributed by atoms with Crippen molar-refractivity contribution in [3.63, 3.8) is 0 Å². The number of benzene rings is 1. The van der Waals surface area contributed by atoms with Gasteiger partial charge in [-0.25, -0.2) is 4.98 Å². The van der Waals surface area contributed by atoms with E-state index >= 15 is 0 Å². The summed E-state index contributed by atoms with van der Waals surface area (Å²) in [5, 5.41) is 14.2. The average molecular weight is 286 g/mol. The molecule has 1 N–H and O–H groups in total. The maximum absolute atomic E-state index is 11.2. The Kier molecular flexibility index (Phi) is 4.37. The Morgan fingerprint density at radius 2 is 1.90 bits per heavy atom. The van der Waals surface area contributed by atoms with Crippen molar-refractivity contribution in [2.75, 3.05) is 23.8 Å². The molecule has 0 fully saturated rings. The molecule has 0 aliphatic rings. The molecule has 0 spiro atoms. The van der Waals surface area contributed by atoms with Gasteiger partial charge in [-0.05, 0) is 32.0 Å². The van der Waals surface area contributed by atoms with Crippen LogP contribution in [0.1, 0.15) is 12.5 Å². The van der Waals surface area contributed by atoms with Crippen LogP contribution < -0.4 is 10.2 Å². The summed E-state index contributed by atoms with van der Waals surface area (Å²) in [5.41, 5.74) is 2.02. The molecule has 0 unspecified atom stereocenters. The van der Waals surface area contributed by atoms with Gasteiger partial charge in [-0.2, -0.15) is 0 Å². The van der Waals surface area contributed by atoms with E-state index in [0.717, 1.165) is 11.3 Å². The first-order chi connectivity index (χ1) is 10.1. The van der Waals surface area contributed by atoms with E-state index in [9.17, 15) is 10.1 Å². The Balaban J connectivity index is 2.54. The molecule has 2 rings (SSSR count). The van der Waals surface area contributed by atoms with Crippen LogP contribution in [-0.4, -0.2) is 23.5 Å². The summed E-state index contributed by atoms with van der Waals surface area (Å²) in [6.45, 7) is 4.53. The van der Waals surface area contributed by atoms with Crippen molar-refractivity contribution in [2.45, 2.75) is 13.8 Å². The zero-order valence-corrected chi connectivity index (χ0v) is 12.3. The van der Waals surface area contributed by atoms with E-state index in [-0.39, 0.29) is 5.69 Å². The third kappa shape index (κ3) is 3.10. The van der Waals surface area contributed by atoms with Crippen LogP contribution >= 0.6 is 0 Å². The molecule has 0 amide bonds. The highest BCUT2D eigenvalue weighted by Gasteiger charge is 2.22. The van der Waals surface area contributed by atoms with Gasteiger partial charge in [0.2, 0.25) is 5.82 Å². The topological polar surface area (TPSA) is 71.3 Å². The van der Waals surface area contributed by atoms with Crippen molar-refractivity contribution < 1.29 is 4.92 Å². The second-order valence-corrected chi connectivity index (χ2v) is 4.63. The minimum Gasteiger partial charge on any atom is -0.373 e. The molecule has 0 radical (unpaired) electrons. The van der Waals surface area contributed by atoms with Gasteiger partial charge < -0.3 is 10.2 Å². The lowest BCUT2D eigenvalue weighted by molar-refractivity contribution is -0.384. The molecule has 1 aromatic heterocycles. The number of pyridine rings is 1. The number of aromatic nitrogens is 1. The van der Waals surface area contributed by atoms with E-state index in [1.54, 1.807) is 13.1 Å². The number of hydrogen-bond acceptors (Lipinski definition) is 5. The summed E-state index contributed by atoms with van der Waals surface area (Å²) in [7, 11) is 1.74. The van der Waals surface area contributed by atoms with Gasteiger partial charge in [-0.1, -0.05) is 17.7 Å². The van der Waals surface area contributed by atoms with Crippen LogP contribution in [0.2, 0.25) is 0 Å². The molecule has 0 bridgehead atoms. The van der Waals surface area contributed by atoms with Crippen molar-refractivity contribution in [3.05, 3.63) is 52.1 Å². The van der Waals surface area contributed by atoms with Crippen molar-refractivity contribution in [3.8, 4) is 0 Å². The highest BCUT2D eigenvalue weighted by atomic mass is 16.6. The van der Waals surface area contributed by atoms with Crippen LogP contribution in [-0.2, 0) is 0 Å². The van der Waals surface area contributed by atoms with Crippen LogP contribution in [0.5, 0.6) is 0 Å². The Morgan fingerprint density at radius 3 is 2.43 bits per heavy atom. The third-order valence-corrected chi connectivity index (χ3v) is 3.22. The van der Waals surface area contributed by atoms with Crippen molar-refractivity contribution in [2.24, 2.45) is 0 Å². The predicted octanol–water partition coefficient (Wildman–Crippen LogP) is 3.50. The highest BCUT2D eigenvalue weighted by Crippen LogP contribution is 2.32. The van der Waals surface area contributed by atoms with Crippen LogP contribution in [0, 0.1) is 17.0 Å². The van der Waals surface area contributed by atoms with E-state index in [1.807, 2.05) is 43.0 Å². The fraction of sp³-hybridized carbons (Fsp3) is 0.267. The van der Waals surface area contributed by atoms with Crippen LogP contribution in [0.3, 0.4) is 0 Å². The van der Waals surface area contributed by atoms with E-state index in [4.69, 9.17) is 0 Å². The smallest absolute Gasteiger partial charge is 0.312 e. The first-order valence-electron chi connectivity index (χ1n) is 6.74. The van der Waals surface area contributed by atoms with Crippen molar-refractivity contribution in [1.29, 1.82) is 0 Å². The molecular weight excluding hydrogens is 268 g/mol. The lowest BCUT2D eigenvalue weighted by Gasteiger charge is -2.22. The minimum atomic E-state index is -0.404. The summed E-state index contributed by atoms with van der Waals surface area (Å²) in [6, 6.07) is 10.9. The number of anilines is 3. The Morgan fingerprint density at radius 1 is 1.24 bits per heavy atom. The molecule has 110 valence electrons. The molecule has 6 nitrogen and oxygen atoms in total. The fourth-order valence-corrected chi connectivity index (χ4v) is 2.10. The minimum absolute atomic E-state index is 0.00331. The molecule has 1 aromatic carbocycles. The summed E-state index contributed by atoms with van der Waals surface area (Å²) in [5.74, 6) is 0.944. The molecule has 21 heavy (non-hydrogen) atoms. The molecule has 2 aromatic rings. The lowest BCUT2D eigenvalue weighted by atomic mass is 10.2. The zero-order valence-electron chi connectivity index (χ0n) is 12.3. The fourth-order valence-electron chi connectivity index (χ4n) is 2.10. The lowest BCUT2D eigenvalue weighted by Crippen LogP contribution is -2.19. The quantitative estimate of drug-likeness (QED) is 0.673. The monoisotopic (exact) mass is 286 g/mol. The molecule has 1 heterocycles. The average Bonchev–Trinajstić information content (AvgIpc) is 2.49. The standard InChI is InChI=1S/C15H18N4O2/c1-4-18(12-7-5-11(2)6-8-12)15-13(19(20)21)9-10-14(16-3)17-15/h5-10H,4H2,1-3H3,(H,16,17). The maximum Gasteiger partial charge on any atom is 0.312 e. The number of nitrogens with one attached hydrogen (secondary N) is 1.